The van der Waals surface area contributed by atoms with Gasteiger partial charge in [-0.3, -0.25) is 4.98 Å². The van der Waals surface area contributed by atoms with Crippen LogP contribution in [0.25, 0.3) is 11.1 Å². The zero-order chi connectivity index (χ0) is 12.4. The Kier molecular flexibility index (Phi) is 3.89. The van der Waals surface area contributed by atoms with Crippen LogP contribution in [-0.4, -0.2) is 10.1 Å². The van der Waals surface area contributed by atoms with Crippen LogP contribution in [0.5, 0.6) is 0 Å². The number of halogens is 3. The molecular formula is C12H8Cl3NO. The maximum Gasteiger partial charge on any atom is 0.0703 e. The van der Waals surface area contributed by atoms with Crippen LogP contribution in [0.15, 0.2) is 30.6 Å². The van der Waals surface area contributed by atoms with Gasteiger partial charge >= 0.3 is 0 Å². The lowest BCUT2D eigenvalue weighted by Crippen LogP contribution is -1.93. The van der Waals surface area contributed by atoms with Gasteiger partial charge in [-0.25, -0.2) is 0 Å². The van der Waals surface area contributed by atoms with E-state index < -0.39 is 0 Å². The molecule has 0 bridgehead atoms. The molecule has 0 aliphatic heterocycles. The van der Waals surface area contributed by atoms with E-state index >= 15 is 0 Å². The van der Waals surface area contributed by atoms with Gasteiger partial charge in [-0.05, 0) is 6.07 Å². The number of aromatic nitrogens is 1. The van der Waals surface area contributed by atoms with Gasteiger partial charge < -0.3 is 5.11 Å². The Morgan fingerprint density at radius 3 is 2.47 bits per heavy atom. The summed E-state index contributed by atoms with van der Waals surface area (Å²) in [7, 11) is 0. The van der Waals surface area contributed by atoms with Crippen molar-refractivity contribution in [2.45, 2.75) is 6.61 Å². The predicted octanol–water partition coefficient (Wildman–Crippen LogP) is 4.20. The first-order chi connectivity index (χ1) is 8.15. The van der Waals surface area contributed by atoms with Crippen molar-refractivity contribution in [3.05, 3.63) is 51.2 Å². The van der Waals surface area contributed by atoms with Gasteiger partial charge in [-0.1, -0.05) is 46.9 Å². The number of hydrogen-bond acceptors (Lipinski definition) is 2. The molecule has 0 aliphatic rings. The molecule has 0 atom stereocenters. The largest absolute Gasteiger partial charge is 0.392 e. The van der Waals surface area contributed by atoms with E-state index in [-0.39, 0.29) is 6.61 Å². The van der Waals surface area contributed by atoms with Crippen LogP contribution < -0.4 is 0 Å². The maximum atomic E-state index is 9.33. The van der Waals surface area contributed by atoms with E-state index in [0.717, 1.165) is 0 Å². The summed E-state index contributed by atoms with van der Waals surface area (Å²) in [6.07, 6.45) is 3.09. The monoisotopic (exact) mass is 287 g/mol. The number of nitrogens with zero attached hydrogens (tertiary/aromatic N) is 1. The molecule has 1 aromatic heterocycles. The third-order valence-electron chi connectivity index (χ3n) is 2.40. The van der Waals surface area contributed by atoms with Crippen LogP contribution in [0, 0.1) is 0 Å². The summed E-state index contributed by atoms with van der Waals surface area (Å²) in [5, 5.41) is 10.6. The number of benzene rings is 1. The van der Waals surface area contributed by atoms with Gasteiger partial charge in [-0.2, -0.15) is 0 Å². The van der Waals surface area contributed by atoms with E-state index in [0.29, 0.717) is 31.8 Å². The number of aliphatic hydroxyl groups excluding tert-OH is 1. The molecule has 1 N–H and O–H groups in total. The molecule has 0 radical (unpaired) electrons. The van der Waals surface area contributed by atoms with Gasteiger partial charge in [0.2, 0.25) is 0 Å². The van der Waals surface area contributed by atoms with Crippen LogP contribution in [0.1, 0.15) is 5.56 Å². The second kappa shape index (κ2) is 5.23. The fourth-order valence-electron chi connectivity index (χ4n) is 1.57. The van der Waals surface area contributed by atoms with Gasteiger partial charge in [-0.15, -0.1) is 0 Å². The number of rotatable bonds is 2. The molecule has 2 rings (SSSR count). The average Bonchev–Trinajstić information content (AvgIpc) is 2.32. The SMILES string of the molecule is OCc1c(Cl)cncc1-c1cccc(Cl)c1Cl. The van der Waals surface area contributed by atoms with Gasteiger partial charge in [0.25, 0.3) is 0 Å². The molecule has 0 aliphatic carbocycles. The predicted molar refractivity (Wildman–Crippen MR) is 70.6 cm³/mol. The minimum atomic E-state index is -0.181. The smallest absolute Gasteiger partial charge is 0.0703 e. The Labute approximate surface area is 114 Å². The standard InChI is InChI=1S/C12H8Cl3NO/c13-10-3-1-2-7(12(10)15)8-4-16-5-11(14)9(8)6-17/h1-5,17H,6H2. The molecule has 1 aromatic carbocycles. The third kappa shape index (κ3) is 2.40. The molecule has 5 heteroatoms. The molecule has 0 fully saturated rings. The summed E-state index contributed by atoms with van der Waals surface area (Å²) in [5.41, 5.74) is 1.98. The summed E-state index contributed by atoms with van der Waals surface area (Å²) in [6, 6.07) is 5.29. The summed E-state index contributed by atoms with van der Waals surface area (Å²) in [5.74, 6) is 0. The summed E-state index contributed by atoms with van der Waals surface area (Å²) < 4.78 is 0. The molecule has 0 amide bonds. The van der Waals surface area contributed by atoms with Crippen molar-refractivity contribution in [3.63, 3.8) is 0 Å². The molecule has 0 saturated carbocycles. The Bertz CT molecular complexity index is 557. The topological polar surface area (TPSA) is 33.1 Å². The molecule has 2 aromatic rings. The first-order valence-electron chi connectivity index (χ1n) is 4.82. The van der Waals surface area contributed by atoms with Gasteiger partial charge in [0, 0.05) is 29.1 Å². The Morgan fingerprint density at radius 1 is 1.00 bits per heavy atom. The molecule has 88 valence electrons. The summed E-state index contributed by atoms with van der Waals surface area (Å²) in [6.45, 7) is -0.181. The molecule has 0 saturated heterocycles. The second-order valence-electron chi connectivity index (χ2n) is 3.41. The quantitative estimate of drug-likeness (QED) is 0.898. The Balaban J connectivity index is 2.68. The molecule has 17 heavy (non-hydrogen) atoms. The van der Waals surface area contributed by atoms with E-state index in [1.807, 2.05) is 0 Å². The van der Waals surface area contributed by atoms with Gasteiger partial charge in [0.05, 0.1) is 21.7 Å². The summed E-state index contributed by atoms with van der Waals surface area (Å²) in [4.78, 5) is 4.00. The van der Waals surface area contributed by atoms with E-state index in [9.17, 15) is 5.11 Å². The fraction of sp³-hybridized carbons (Fsp3) is 0.0833. The molecule has 0 spiro atoms. The number of aliphatic hydroxyl groups is 1. The molecule has 0 unspecified atom stereocenters. The van der Waals surface area contributed by atoms with Crippen LogP contribution in [0.4, 0.5) is 0 Å². The van der Waals surface area contributed by atoms with Crippen molar-refractivity contribution in [2.24, 2.45) is 0 Å². The average molecular weight is 289 g/mol. The molecule has 2 nitrogen and oxygen atoms in total. The molecule has 1 heterocycles. The molecular weight excluding hydrogens is 280 g/mol. The Morgan fingerprint density at radius 2 is 1.76 bits per heavy atom. The highest BCUT2D eigenvalue weighted by Crippen LogP contribution is 2.36. The third-order valence-corrected chi connectivity index (χ3v) is 3.55. The normalized spacial score (nSPS) is 10.6. The first-order valence-corrected chi connectivity index (χ1v) is 5.96. The number of hydrogen-bond donors (Lipinski definition) is 1. The second-order valence-corrected chi connectivity index (χ2v) is 4.60. The van der Waals surface area contributed by atoms with Crippen LogP contribution in [-0.2, 0) is 6.61 Å². The highest BCUT2D eigenvalue weighted by atomic mass is 35.5. The van der Waals surface area contributed by atoms with Crippen molar-refractivity contribution < 1.29 is 5.11 Å². The van der Waals surface area contributed by atoms with Crippen molar-refractivity contribution in [1.29, 1.82) is 0 Å². The Hall–Kier alpha value is -0.800. The lowest BCUT2D eigenvalue weighted by molar-refractivity contribution is 0.282. The van der Waals surface area contributed by atoms with E-state index in [1.165, 1.54) is 6.20 Å². The van der Waals surface area contributed by atoms with Gasteiger partial charge in [0.15, 0.2) is 0 Å². The highest BCUT2D eigenvalue weighted by molar-refractivity contribution is 6.43. The van der Waals surface area contributed by atoms with Crippen molar-refractivity contribution in [1.82, 2.24) is 4.98 Å². The fourth-order valence-corrected chi connectivity index (χ4v) is 2.19. The van der Waals surface area contributed by atoms with E-state index in [1.54, 1.807) is 24.4 Å². The lowest BCUT2D eigenvalue weighted by atomic mass is 10.0. The lowest BCUT2D eigenvalue weighted by Gasteiger charge is -2.10. The minimum Gasteiger partial charge on any atom is -0.392 e. The summed E-state index contributed by atoms with van der Waals surface area (Å²) >= 11 is 18.0. The van der Waals surface area contributed by atoms with Crippen LogP contribution in [0.3, 0.4) is 0 Å². The maximum absolute atomic E-state index is 9.33. The number of pyridine rings is 1. The van der Waals surface area contributed by atoms with E-state index in [2.05, 4.69) is 4.98 Å². The minimum absolute atomic E-state index is 0.181. The zero-order valence-corrected chi connectivity index (χ0v) is 10.9. The van der Waals surface area contributed by atoms with Crippen molar-refractivity contribution in [2.75, 3.05) is 0 Å². The van der Waals surface area contributed by atoms with Crippen LogP contribution >= 0.6 is 34.8 Å². The van der Waals surface area contributed by atoms with Crippen molar-refractivity contribution >= 4 is 34.8 Å². The van der Waals surface area contributed by atoms with Crippen molar-refractivity contribution in [3.8, 4) is 11.1 Å². The highest BCUT2D eigenvalue weighted by Gasteiger charge is 2.13. The van der Waals surface area contributed by atoms with E-state index in [4.69, 9.17) is 34.8 Å². The van der Waals surface area contributed by atoms with Gasteiger partial charge in [0.1, 0.15) is 0 Å². The first kappa shape index (κ1) is 12.7. The van der Waals surface area contributed by atoms with Crippen LogP contribution in [0.2, 0.25) is 15.1 Å². The zero-order valence-electron chi connectivity index (χ0n) is 8.62.